The zero-order chi connectivity index (χ0) is 17.4. The Hall–Kier alpha value is -1.99. The van der Waals surface area contributed by atoms with Crippen LogP contribution in [0.1, 0.15) is 36.2 Å². The van der Waals surface area contributed by atoms with Gasteiger partial charge in [-0.2, -0.15) is 5.10 Å². The first-order chi connectivity index (χ1) is 12.1. The molecule has 0 amide bonds. The minimum atomic E-state index is 0.110. The van der Waals surface area contributed by atoms with E-state index in [2.05, 4.69) is 19.5 Å². The maximum absolute atomic E-state index is 11.4. The van der Waals surface area contributed by atoms with Crippen LogP contribution < -0.4 is 4.90 Å². The minimum Gasteiger partial charge on any atom is -0.369 e. The number of ketones is 1. The molecule has 2 aliphatic rings. The lowest BCUT2D eigenvalue weighted by Gasteiger charge is -2.35. The molecule has 2 aromatic rings. The van der Waals surface area contributed by atoms with Gasteiger partial charge in [0.2, 0.25) is 0 Å². The standard InChI is InChI=1S/C18H23N5OS/c1-14(24)15-2-4-16(5-3-15)21-10-8-20(9-11-21)13-23-18(25)22(12-19-23)17-6-7-17/h2-5,12,17H,6-11,13H2,1H3. The highest BCUT2D eigenvalue weighted by atomic mass is 32.1. The van der Waals surface area contributed by atoms with Crippen LogP contribution in [0.25, 0.3) is 0 Å². The molecule has 1 aliphatic carbocycles. The zero-order valence-corrected chi connectivity index (χ0v) is 15.3. The molecule has 0 radical (unpaired) electrons. The van der Waals surface area contributed by atoms with Crippen LogP contribution in [0.2, 0.25) is 0 Å². The van der Waals surface area contributed by atoms with E-state index in [4.69, 9.17) is 12.2 Å². The van der Waals surface area contributed by atoms with Crippen molar-refractivity contribution in [2.45, 2.75) is 32.5 Å². The highest BCUT2D eigenvalue weighted by molar-refractivity contribution is 7.71. The molecular weight excluding hydrogens is 334 g/mol. The van der Waals surface area contributed by atoms with Crippen molar-refractivity contribution in [1.82, 2.24) is 19.2 Å². The third-order valence-corrected chi connectivity index (χ3v) is 5.46. The Morgan fingerprint density at radius 3 is 2.44 bits per heavy atom. The first kappa shape index (κ1) is 16.5. The molecule has 4 rings (SSSR count). The average molecular weight is 357 g/mol. The second-order valence-electron chi connectivity index (χ2n) is 6.90. The van der Waals surface area contributed by atoms with Crippen molar-refractivity contribution in [3.05, 3.63) is 40.9 Å². The lowest BCUT2D eigenvalue weighted by atomic mass is 10.1. The van der Waals surface area contributed by atoms with E-state index in [1.807, 2.05) is 35.3 Å². The Morgan fingerprint density at radius 2 is 1.84 bits per heavy atom. The lowest BCUT2D eigenvalue weighted by Crippen LogP contribution is -2.47. The summed E-state index contributed by atoms with van der Waals surface area (Å²) >= 11 is 5.54. The topological polar surface area (TPSA) is 46.3 Å². The predicted molar refractivity (Wildman–Crippen MR) is 99.6 cm³/mol. The van der Waals surface area contributed by atoms with E-state index < -0.39 is 0 Å². The van der Waals surface area contributed by atoms with Crippen LogP contribution in [0.4, 0.5) is 5.69 Å². The maximum atomic E-state index is 11.4. The normalized spacial score (nSPS) is 18.5. The number of carbonyl (C=O) groups excluding carboxylic acids is 1. The van der Waals surface area contributed by atoms with Crippen LogP contribution >= 0.6 is 12.2 Å². The van der Waals surface area contributed by atoms with Crippen molar-refractivity contribution in [3.8, 4) is 0 Å². The quantitative estimate of drug-likeness (QED) is 0.608. The van der Waals surface area contributed by atoms with E-state index in [1.165, 1.54) is 18.5 Å². The van der Waals surface area contributed by atoms with Gasteiger partial charge in [-0.15, -0.1) is 0 Å². The van der Waals surface area contributed by atoms with Crippen LogP contribution in [0.5, 0.6) is 0 Å². The highest BCUT2D eigenvalue weighted by Crippen LogP contribution is 2.34. The second kappa shape index (κ2) is 6.72. The molecule has 0 spiro atoms. The van der Waals surface area contributed by atoms with Gasteiger partial charge in [0.25, 0.3) is 0 Å². The molecule has 1 aliphatic heterocycles. The van der Waals surface area contributed by atoms with Crippen molar-refractivity contribution in [3.63, 3.8) is 0 Å². The Kier molecular flexibility index (Phi) is 4.43. The minimum absolute atomic E-state index is 0.110. The molecule has 6 nitrogen and oxygen atoms in total. The fourth-order valence-electron chi connectivity index (χ4n) is 3.29. The van der Waals surface area contributed by atoms with Crippen molar-refractivity contribution in [1.29, 1.82) is 0 Å². The van der Waals surface area contributed by atoms with Crippen LogP contribution in [-0.2, 0) is 6.67 Å². The number of hydrogen-bond donors (Lipinski definition) is 0. The van der Waals surface area contributed by atoms with E-state index in [0.29, 0.717) is 6.04 Å². The van der Waals surface area contributed by atoms with Crippen molar-refractivity contribution in [2.24, 2.45) is 0 Å². The Labute approximate surface area is 152 Å². The summed E-state index contributed by atoms with van der Waals surface area (Å²) in [5.41, 5.74) is 1.95. The van der Waals surface area contributed by atoms with Crippen LogP contribution in [0, 0.1) is 4.77 Å². The number of hydrogen-bond acceptors (Lipinski definition) is 5. The van der Waals surface area contributed by atoms with Gasteiger partial charge in [0.15, 0.2) is 10.6 Å². The summed E-state index contributed by atoms with van der Waals surface area (Å²) in [4.78, 5) is 16.1. The number of benzene rings is 1. The maximum Gasteiger partial charge on any atom is 0.199 e. The molecule has 7 heteroatoms. The largest absolute Gasteiger partial charge is 0.369 e. The first-order valence-electron chi connectivity index (χ1n) is 8.84. The molecule has 1 saturated carbocycles. The van der Waals surface area contributed by atoms with Gasteiger partial charge >= 0.3 is 0 Å². The van der Waals surface area contributed by atoms with Crippen molar-refractivity contribution >= 4 is 23.7 Å². The fraction of sp³-hybridized carbons (Fsp3) is 0.500. The first-order valence-corrected chi connectivity index (χ1v) is 9.25. The number of piperazine rings is 1. The molecule has 0 bridgehead atoms. The van der Waals surface area contributed by atoms with Gasteiger partial charge < -0.3 is 9.47 Å². The smallest absolute Gasteiger partial charge is 0.199 e. The Bertz CT molecular complexity index is 813. The number of nitrogens with zero attached hydrogens (tertiary/aromatic N) is 5. The van der Waals surface area contributed by atoms with Crippen molar-refractivity contribution in [2.75, 3.05) is 31.1 Å². The van der Waals surface area contributed by atoms with Gasteiger partial charge in [-0.05, 0) is 56.2 Å². The molecule has 0 atom stereocenters. The Morgan fingerprint density at radius 1 is 1.16 bits per heavy atom. The lowest BCUT2D eigenvalue weighted by molar-refractivity contribution is 0.101. The zero-order valence-electron chi connectivity index (χ0n) is 14.5. The summed E-state index contributed by atoms with van der Waals surface area (Å²) in [7, 11) is 0. The summed E-state index contributed by atoms with van der Waals surface area (Å²) in [5, 5.41) is 4.46. The summed E-state index contributed by atoms with van der Waals surface area (Å²) < 4.78 is 4.90. The van der Waals surface area contributed by atoms with Gasteiger partial charge in [0, 0.05) is 43.5 Å². The number of rotatable bonds is 5. The summed E-state index contributed by atoms with van der Waals surface area (Å²) in [6, 6.07) is 8.48. The van der Waals surface area contributed by atoms with Gasteiger partial charge in [-0.1, -0.05) is 0 Å². The number of aromatic nitrogens is 3. The number of anilines is 1. The van der Waals surface area contributed by atoms with Gasteiger partial charge in [-0.25, -0.2) is 4.68 Å². The number of Topliss-reactive ketones (excluding diaryl/α,β-unsaturated/α-hetero) is 1. The Balaban J connectivity index is 1.35. The summed E-state index contributed by atoms with van der Waals surface area (Å²) in [6.45, 7) is 6.25. The number of carbonyl (C=O) groups is 1. The van der Waals surface area contributed by atoms with E-state index in [9.17, 15) is 4.79 Å². The van der Waals surface area contributed by atoms with E-state index >= 15 is 0 Å². The van der Waals surface area contributed by atoms with E-state index in [0.717, 1.165) is 43.2 Å². The van der Waals surface area contributed by atoms with Crippen LogP contribution in [0.15, 0.2) is 30.6 Å². The predicted octanol–water partition coefficient (Wildman–Crippen LogP) is 2.73. The van der Waals surface area contributed by atoms with E-state index in [-0.39, 0.29) is 5.78 Å². The molecular formula is C18H23N5OS. The molecule has 1 saturated heterocycles. The average Bonchev–Trinajstić information content (AvgIpc) is 3.41. The van der Waals surface area contributed by atoms with Crippen molar-refractivity contribution < 1.29 is 4.79 Å². The molecule has 1 aromatic heterocycles. The second-order valence-corrected chi connectivity index (χ2v) is 7.27. The molecule has 132 valence electrons. The molecule has 25 heavy (non-hydrogen) atoms. The summed E-state index contributed by atoms with van der Waals surface area (Å²) in [5.74, 6) is 0.110. The SMILES string of the molecule is CC(=O)c1ccc(N2CCN(Cn3ncn(C4CC4)c3=S)CC2)cc1. The highest BCUT2D eigenvalue weighted by Gasteiger charge is 2.25. The summed E-state index contributed by atoms with van der Waals surface area (Å²) in [6.07, 6.45) is 4.33. The molecule has 1 aromatic carbocycles. The fourth-order valence-corrected chi connectivity index (χ4v) is 3.60. The van der Waals surface area contributed by atoms with E-state index in [1.54, 1.807) is 6.92 Å². The third-order valence-electron chi connectivity index (χ3n) is 5.04. The van der Waals surface area contributed by atoms with Crippen LogP contribution in [-0.4, -0.2) is 51.2 Å². The molecule has 2 heterocycles. The van der Waals surface area contributed by atoms with Gasteiger partial charge in [-0.3, -0.25) is 9.69 Å². The van der Waals surface area contributed by atoms with Gasteiger partial charge in [0.1, 0.15) is 6.33 Å². The molecule has 0 unspecified atom stereocenters. The molecule has 2 fully saturated rings. The monoisotopic (exact) mass is 357 g/mol. The third kappa shape index (κ3) is 3.52. The van der Waals surface area contributed by atoms with Crippen LogP contribution in [0.3, 0.4) is 0 Å². The molecule has 0 N–H and O–H groups in total. The van der Waals surface area contributed by atoms with Gasteiger partial charge in [0.05, 0.1) is 6.67 Å².